The number of ether oxygens (including phenoxy) is 2. The van der Waals surface area contributed by atoms with Crippen LogP contribution in [0.5, 0.6) is 0 Å². The Balaban J connectivity index is 1.57. The van der Waals surface area contributed by atoms with Crippen molar-refractivity contribution < 1.29 is 9.47 Å². The first-order chi connectivity index (χ1) is 10.8. The SMILES string of the molecule is CO[C@@H]1CC[C@@]2(OC)CCN(CCCc3ccccc3)[C@H]2C1. The smallest absolute Gasteiger partial charge is 0.0847 e. The van der Waals surface area contributed by atoms with Gasteiger partial charge in [-0.3, -0.25) is 4.90 Å². The molecule has 0 bridgehead atoms. The van der Waals surface area contributed by atoms with E-state index in [2.05, 4.69) is 35.2 Å². The normalized spacial score (nSPS) is 32.1. The van der Waals surface area contributed by atoms with E-state index in [0.717, 1.165) is 25.7 Å². The highest BCUT2D eigenvalue weighted by molar-refractivity contribution is 5.14. The fourth-order valence-corrected chi connectivity index (χ4v) is 4.37. The number of aryl methyl sites for hydroxylation is 1. The molecule has 3 heteroatoms. The largest absolute Gasteiger partial charge is 0.381 e. The van der Waals surface area contributed by atoms with Crippen LogP contribution in [0.15, 0.2) is 30.3 Å². The molecule has 3 nitrogen and oxygen atoms in total. The van der Waals surface area contributed by atoms with Crippen molar-refractivity contribution in [3.05, 3.63) is 35.9 Å². The van der Waals surface area contributed by atoms with Gasteiger partial charge < -0.3 is 9.47 Å². The Morgan fingerprint density at radius 2 is 2.00 bits per heavy atom. The molecule has 2 aliphatic rings. The molecule has 122 valence electrons. The lowest BCUT2D eigenvalue weighted by molar-refractivity contribution is -0.0937. The van der Waals surface area contributed by atoms with E-state index in [1.54, 1.807) is 0 Å². The first-order valence-electron chi connectivity index (χ1n) is 8.63. The third kappa shape index (κ3) is 3.22. The maximum absolute atomic E-state index is 5.99. The van der Waals surface area contributed by atoms with E-state index in [4.69, 9.17) is 9.47 Å². The second-order valence-corrected chi connectivity index (χ2v) is 6.79. The van der Waals surface area contributed by atoms with E-state index in [1.165, 1.54) is 31.5 Å². The van der Waals surface area contributed by atoms with Crippen molar-refractivity contribution >= 4 is 0 Å². The Bertz CT molecular complexity index is 464. The number of nitrogens with zero attached hydrogens (tertiary/aromatic N) is 1. The van der Waals surface area contributed by atoms with Gasteiger partial charge in [0.15, 0.2) is 0 Å². The van der Waals surface area contributed by atoms with Crippen LogP contribution in [0.1, 0.15) is 37.7 Å². The fourth-order valence-electron chi connectivity index (χ4n) is 4.37. The first kappa shape index (κ1) is 16.0. The quantitative estimate of drug-likeness (QED) is 0.805. The van der Waals surface area contributed by atoms with Crippen molar-refractivity contribution in [2.75, 3.05) is 27.3 Å². The number of hydrogen-bond donors (Lipinski definition) is 0. The molecule has 1 aromatic carbocycles. The molecule has 2 fully saturated rings. The summed E-state index contributed by atoms with van der Waals surface area (Å²) in [6, 6.07) is 11.3. The number of hydrogen-bond acceptors (Lipinski definition) is 3. The topological polar surface area (TPSA) is 21.7 Å². The summed E-state index contributed by atoms with van der Waals surface area (Å²) in [4.78, 5) is 2.65. The van der Waals surface area contributed by atoms with Crippen molar-refractivity contribution in [1.29, 1.82) is 0 Å². The minimum atomic E-state index is 0.0851. The highest BCUT2D eigenvalue weighted by Crippen LogP contribution is 2.43. The van der Waals surface area contributed by atoms with E-state index < -0.39 is 0 Å². The van der Waals surface area contributed by atoms with Gasteiger partial charge in [-0.25, -0.2) is 0 Å². The molecule has 0 radical (unpaired) electrons. The van der Waals surface area contributed by atoms with Crippen molar-refractivity contribution in [2.45, 2.75) is 56.3 Å². The van der Waals surface area contributed by atoms with Gasteiger partial charge in [0.05, 0.1) is 11.7 Å². The lowest BCUT2D eigenvalue weighted by Crippen LogP contribution is -2.51. The van der Waals surface area contributed by atoms with Gasteiger partial charge in [0.1, 0.15) is 0 Å². The second kappa shape index (κ2) is 7.12. The third-order valence-electron chi connectivity index (χ3n) is 5.74. The molecule has 1 saturated heterocycles. The summed E-state index contributed by atoms with van der Waals surface area (Å²) in [5.74, 6) is 0. The van der Waals surface area contributed by atoms with Crippen LogP contribution in [0.4, 0.5) is 0 Å². The fraction of sp³-hybridized carbons (Fsp3) is 0.684. The Morgan fingerprint density at radius 3 is 2.73 bits per heavy atom. The summed E-state index contributed by atoms with van der Waals surface area (Å²) in [5, 5.41) is 0. The number of methoxy groups -OCH3 is 2. The molecule has 1 heterocycles. The highest BCUT2D eigenvalue weighted by atomic mass is 16.5. The van der Waals surface area contributed by atoms with Gasteiger partial charge in [-0.15, -0.1) is 0 Å². The predicted octanol–water partition coefficient (Wildman–Crippen LogP) is 3.28. The minimum Gasteiger partial charge on any atom is -0.381 e. The zero-order valence-corrected chi connectivity index (χ0v) is 14.0. The molecule has 0 aromatic heterocycles. The molecular formula is C19H29NO2. The maximum atomic E-state index is 5.99. The van der Waals surface area contributed by atoms with Crippen LogP contribution < -0.4 is 0 Å². The van der Waals surface area contributed by atoms with Crippen LogP contribution in [-0.4, -0.2) is 50.0 Å². The Morgan fingerprint density at radius 1 is 1.18 bits per heavy atom. The van der Waals surface area contributed by atoms with Gasteiger partial charge in [-0.05, 0) is 50.6 Å². The van der Waals surface area contributed by atoms with Crippen LogP contribution in [0.2, 0.25) is 0 Å². The van der Waals surface area contributed by atoms with E-state index >= 15 is 0 Å². The number of fused-ring (bicyclic) bond motifs is 1. The van der Waals surface area contributed by atoms with Gasteiger partial charge >= 0.3 is 0 Å². The zero-order chi connectivity index (χ0) is 15.4. The predicted molar refractivity (Wildman–Crippen MR) is 89.1 cm³/mol. The van der Waals surface area contributed by atoms with Crippen LogP contribution >= 0.6 is 0 Å². The number of rotatable bonds is 6. The van der Waals surface area contributed by atoms with Crippen LogP contribution in [-0.2, 0) is 15.9 Å². The molecule has 0 unspecified atom stereocenters. The zero-order valence-electron chi connectivity index (χ0n) is 14.0. The van der Waals surface area contributed by atoms with E-state index in [0.29, 0.717) is 12.1 Å². The van der Waals surface area contributed by atoms with Crippen molar-refractivity contribution in [3.63, 3.8) is 0 Å². The maximum Gasteiger partial charge on any atom is 0.0847 e. The highest BCUT2D eigenvalue weighted by Gasteiger charge is 2.50. The summed E-state index contributed by atoms with van der Waals surface area (Å²) in [6.07, 6.45) is 7.37. The molecule has 0 spiro atoms. The minimum absolute atomic E-state index is 0.0851. The Hall–Kier alpha value is -0.900. The standard InChI is InChI=1S/C19H29NO2/c1-21-17-10-11-19(22-2)12-14-20(18(19)15-17)13-6-9-16-7-4-3-5-8-16/h3-5,7-8,17-18H,6,9-15H2,1-2H3/t17-,18+,19-/m1/s1. The average Bonchev–Trinajstić information content (AvgIpc) is 2.94. The van der Waals surface area contributed by atoms with Gasteiger partial charge in [0.2, 0.25) is 0 Å². The monoisotopic (exact) mass is 303 g/mol. The molecule has 1 aliphatic carbocycles. The molecule has 0 amide bonds. The molecule has 1 saturated carbocycles. The summed E-state index contributed by atoms with van der Waals surface area (Å²) in [6.45, 7) is 2.34. The van der Waals surface area contributed by atoms with Crippen LogP contribution in [0.25, 0.3) is 0 Å². The molecule has 22 heavy (non-hydrogen) atoms. The Kier molecular flexibility index (Phi) is 5.17. The summed E-state index contributed by atoms with van der Waals surface area (Å²) >= 11 is 0. The van der Waals surface area contributed by atoms with Crippen LogP contribution in [0, 0.1) is 0 Å². The summed E-state index contributed by atoms with van der Waals surface area (Å²) in [5.41, 5.74) is 1.53. The van der Waals surface area contributed by atoms with Gasteiger partial charge in [0.25, 0.3) is 0 Å². The second-order valence-electron chi connectivity index (χ2n) is 6.79. The van der Waals surface area contributed by atoms with Crippen LogP contribution in [0.3, 0.4) is 0 Å². The lowest BCUT2D eigenvalue weighted by Gasteiger charge is -2.43. The van der Waals surface area contributed by atoms with Crippen molar-refractivity contribution in [2.24, 2.45) is 0 Å². The van der Waals surface area contributed by atoms with Gasteiger partial charge in [0, 0.05) is 26.8 Å². The van der Waals surface area contributed by atoms with Gasteiger partial charge in [-0.1, -0.05) is 30.3 Å². The molecule has 3 atom stereocenters. The summed E-state index contributed by atoms with van der Waals surface area (Å²) < 4.78 is 11.6. The number of likely N-dealkylation sites (tertiary alicyclic amines) is 1. The lowest BCUT2D eigenvalue weighted by atomic mass is 9.79. The molecular weight excluding hydrogens is 274 g/mol. The Labute approximate surface area is 134 Å². The van der Waals surface area contributed by atoms with E-state index in [-0.39, 0.29) is 5.60 Å². The molecule has 3 rings (SSSR count). The third-order valence-corrected chi connectivity index (χ3v) is 5.74. The summed E-state index contributed by atoms with van der Waals surface area (Å²) in [7, 11) is 3.74. The average molecular weight is 303 g/mol. The van der Waals surface area contributed by atoms with Crippen molar-refractivity contribution in [1.82, 2.24) is 4.90 Å². The van der Waals surface area contributed by atoms with E-state index in [1.807, 2.05) is 14.2 Å². The van der Waals surface area contributed by atoms with Crippen molar-refractivity contribution in [3.8, 4) is 0 Å². The van der Waals surface area contributed by atoms with E-state index in [9.17, 15) is 0 Å². The first-order valence-corrected chi connectivity index (χ1v) is 8.63. The molecule has 1 aliphatic heterocycles. The molecule has 0 N–H and O–H groups in total. The van der Waals surface area contributed by atoms with Gasteiger partial charge in [-0.2, -0.15) is 0 Å². The number of benzene rings is 1. The molecule has 1 aromatic rings.